The van der Waals surface area contributed by atoms with Gasteiger partial charge in [0.1, 0.15) is 0 Å². The molecule has 0 radical (unpaired) electrons. The van der Waals surface area contributed by atoms with E-state index >= 15 is 0 Å². The van der Waals surface area contributed by atoms with Gasteiger partial charge in [-0.15, -0.1) is 0 Å². The fourth-order valence-corrected chi connectivity index (χ4v) is 4.13. The molecule has 26 heavy (non-hydrogen) atoms. The van der Waals surface area contributed by atoms with E-state index in [-0.39, 0.29) is 5.41 Å². The molecule has 1 saturated carbocycles. The Bertz CT molecular complexity index is 619. The van der Waals surface area contributed by atoms with E-state index in [2.05, 4.69) is 47.9 Å². The minimum absolute atomic E-state index is 0.0747. The molecule has 1 fully saturated rings. The Hall–Kier alpha value is -1.56. The highest BCUT2D eigenvalue weighted by Crippen LogP contribution is 2.33. The number of guanidine groups is 1. The van der Waals surface area contributed by atoms with E-state index in [0.29, 0.717) is 6.04 Å². The second-order valence-corrected chi connectivity index (χ2v) is 8.53. The van der Waals surface area contributed by atoms with Crippen LogP contribution in [-0.2, 0) is 5.41 Å². The van der Waals surface area contributed by atoms with Gasteiger partial charge in [-0.05, 0) is 43.2 Å². The first-order valence-corrected chi connectivity index (χ1v) is 10.4. The second-order valence-electron chi connectivity index (χ2n) is 7.39. The van der Waals surface area contributed by atoms with E-state index < -0.39 is 0 Å². The lowest BCUT2D eigenvalue weighted by Crippen LogP contribution is -2.46. The molecule has 0 spiro atoms. The quantitative estimate of drug-likeness (QED) is 0.561. The molecule has 0 aromatic heterocycles. The van der Waals surface area contributed by atoms with Crippen molar-refractivity contribution in [3.8, 4) is 11.5 Å². The van der Waals surface area contributed by atoms with Crippen molar-refractivity contribution >= 4 is 17.7 Å². The third kappa shape index (κ3) is 5.22. The maximum Gasteiger partial charge on any atom is 0.191 e. The largest absolute Gasteiger partial charge is 0.493 e. The summed E-state index contributed by atoms with van der Waals surface area (Å²) >= 11 is 1.97. The van der Waals surface area contributed by atoms with Crippen molar-refractivity contribution in [3.05, 3.63) is 23.8 Å². The minimum Gasteiger partial charge on any atom is -0.493 e. The summed E-state index contributed by atoms with van der Waals surface area (Å²) in [4.78, 5) is 4.40. The smallest absolute Gasteiger partial charge is 0.191 e. The predicted octanol–water partition coefficient (Wildman–Crippen LogP) is 3.43. The monoisotopic (exact) mass is 379 g/mol. The molecule has 2 N–H and O–H groups in total. The molecule has 2 atom stereocenters. The highest BCUT2D eigenvalue weighted by molar-refractivity contribution is 7.99. The van der Waals surface area contributed by atoms with Gasteiger partial charge in [0.25, 0.3) is 0 Å². The molecule has 5 nitrogen and oxygen atoms in total. The van der Waals surface area contributed by atoms with Crippen molar-refractivity contribution in [3.63, 3.8) is 0 Å². The molecule has 146 valence electrons. The van der Waals surface area contributed by atoms with Gasteiger partial charge in [-0.3, -0.25) is 4.99 Å². The lowest BCUT2D eigenvalue weighted by Gasteiger charge is -2.28. The van der Waals surface area contributed by atoms with Gasteiger partial charge in [0.05, 0.1) is 14.2 Å². The van der Waals surface area contributed by atoms with Crippen LogP contribution in [0.15, 0.2) is 23.2 Å². The summed E-state index contributed by atoms with van der Waals surface area (Å²) in [5, 5.41) is 7.84. The summed E-state index contributed by atoms with van der Waals surface area (Å²) in [6, 6.07) is 6.63. The van der Waals surface area contributed by atoms with Crippen LogP contribution in [0.2, 0.25) is 0 Å². The first-order valence-electron chi connectivity index (χ1n) is 9.16. The predicted molar refractivity (Wildman–Crippen MR) is 112 cm³/mol. The maximum absolute atomic E-state index is 5.44. The van der Waals surface area contributed by atoms with Crippen LogP contribution in [0, 0.1) is 0 Å². The van der Waals surface area contributed by atoms with Crippen LogP contribution < -0.4 is 20.1 Å². The molecular formula is C20H33N3O2S. The molecule has 0 amide bonds. The number of ether oxygens (including phenoxy) is 2. The number of methoxy groups -OCH3 is 2. The van der Waals surface area contributed by atoms with Gasteiger partial charge in [0.2, 0.25) is 0 Å². The third-order valence-electron chi connectivity index (χ3n) is 5.15. The molecule has 0 bridgehead atoms. The van der Waals surface area contributed by atoms with Crippen molar-refractivity contribution in [2.24, 2.45) is 4.99 Å². The number of rotatable bonds is 7. The Morgan fingerprint density at radius 3 is 2.54 bits per heavy atom. The fourth-order valence-electron chi connectivity index (χ4n) is 3.34. The van der Waals surface area contributed by atoms with Crippen LogP contribution >= 0.6 is 11.8 Å². The van der Waals surface area contributed by atoms with E-state index in [1.165, 1.54) is 24.8 Å². The number of aliphatic imine (C=N–C) groups is 1. The van der Waals surface area contributed by atoms with Crippen LogP contribution in [0.4, 0.5) is 0 Å². The van der Waals surface area contributed by atoms with E-state index in [1.54, 1.807) is 14.2 Å². The molecule has 6 heteroatoms. The molecule has 0 aliphatic heterocycles. The normalized spacial score (nSPS) is 20.8. The lowest BCUT2D eigenvalue weighted by molar-refractivity contribution is 0.353. The number of nitrogens with one attached hydrogen (secondary N) is 2. The van der Waals surface area contributed by atoms with Crippen molar-refractivity contribution in [2.45, 2.75) is 49.8 Å². The van der Waals surface area contributed by atoms with Crippen molar-refractivity contribution in [1.82, 2.24) is 10.6 Å². The summed E-state index contributed by atoms with van der Waals surface area (Å²) in [7, 11) is 5.16. The highest BCUT2D eigenvalue weighted by Gasteiger charge is 2.26. The van der Waals surface area contributed by atoms with Crippen molar-refractivity contribution in [2.75, 3.05) is 34.1 Å². The van der Waals surface area contributed by atoms with E-state index in [9.17, 15) is 0 Å². The standard InChI is InChI=1S/C20H33N3O2S/c1-20(2,14-7-10-17(24-4)18(11-14)25-5)13-22-19(21-3)23-15-8-9-16(12-15)26-6/h7,10-11,15-16H,8-9,12-13H2,1-6H3,(H2,21,22,23). The van der Waals surface area contributed by atoms with E-state index in [0.717, 1.165) is 29.3 Å². The lowest BCUT2D eigenvalue weighted by atomic mass is 9.84. The molecule has 1 aliphatic rings. The molecule has 2 unspecified atom stereocenters. The molecule has 1 aliphatic carbocycles. The Kier molecular flexibility index (Phi) is 7.50. The van der Waals surface area contributed by atoms with Gasteiger partial charge in [-0.1, -0.05) is 19.9 Å². The number of hydrogen-bond donors (Lipinski definition) is 2. The molecule has 1 aromatic carbocycles. The highest BCUT2D eigenvalue weighted by atomic mass is 32.2. The first-order chi connectivity index (χ1) is 12.4. The zero-order valence-electron chi connectivity index (χ0n) is 16.9. The zero-order chi connectivity index (χ0) is 19.2. The van der Waals surface area contributed by atoms with Gasteiger partial charge in [0.15, 0.2) is 17.5 Å². The van der Waals surface area contributed by atoms with Gasteiger partial charge < -0.3 is 20.1 Å². The number of thioether (sulfide) groups is 1. The summed E-state index contributed by atoms with van der Waals surface area (Å²) in [5.41, 5.74) is 1.12. The number of hydrogen-bond acceptors (Lipinski definition) is 4. The van der Waals surface area contributed by atoms with Gasteiger partial charge in [0, 0.05) is 30.3 Å². The molecule has 2 rings (SSSR count). The average molecular weight is 380 g/mol. The third-order valence-corrected chi connectivity index (χ3v) is 6.24. The summed E-state index contributed by atoms with van der Waals surface area (Å²) in [6.45, 7) is 5.21. The number of benzene rings is 1. The Labute approximate surface area is 162 Å². The zero-order valence-corrected chi connectivity index (χ0v) is 17.7. The Morgan fingerprint density at radius 1 is 1.23 bits per heavy atom. The van der Waals surface area contributed by atoms with Crippen LogP contribution in [-0.4, -0.2) is 51.3 Å². The Balaban J connectivity index is 1.97. The summed E-state index contributed by atoms with van der Waals surface area (Å²) < 4.78 is 10.8. The fraction of sp³-hybridized carbons (Fsp3) is 0.650. The molecule has 1 aromatic rings. The SMILES string of the molecule is CN=C(NCC(C)(C)c1ccc(OC)c(OC)c1)NC1CCC(SC)C1. The summed E-state index contributed by atoms with van der Waals surface area (Å²) in [5.74, 6) is 2.39. The van der Waals surface area contributed by atoms with Crippen molar-refractivity contribution in [1.29, 1.82) is 0 Å². The number of nitrogens with zero attached hydrogens (tertiary/aromatic N) is 1. The van der Waals surface area contributed by atoms with Crippen LogP contribution in [0.1, 0.15) is 38.7 Å². The van der Waals surface area contributed by atoms with E-state index in [4.69, 9.17) is 9.47 Å². The van der Waals surface area contributed by atoms with E-state index in [1.807, 2.05) is 24.9 Å². The minimum atomic E-state index is -0.0747. The van der Waals surface area contributed by atoms with Gasteiger partial charge in [-0.25, -0.2) is 0 Å². The Morgan fingerprint density at radius 2 is 1.96 bits per heavy atom. The second kappa shape index (κ2) is 9.40. The van der Waals surface area contributed by atoms with Crippen LogP contribution in [0.5, 0.6) is 11.5 Å². The first kappa shape index (κ1) is 20.7. The van der Waals surface area contributed by atoms with Crippen LogP contribution in [0.3, 0.4) is 0 Å². The van der Waals surface area contributed by atoms with Gasteiger partial charge in [-0.2, -0.15) is 11.8 Å². The van der Waals surface area contributed by atoms with Crippen LogP contribution in [0.25, 0.3) is 0 Å². The topological polar surface area (TPSA) is 54.9 Å². The van der Waals surface area contributed by atoms with Crippen molar-refractivity contribution < 1.29 is 9.47 Å². The summed E-state index contributed by atoms with van der Waals surface area (Å²) in [6.07, 6.45) is 5.91. The molecular weight excluding hydrogens is 346 g/mol. The molecule has 0 heterocycles. The van der Waals surface area contributed by atoms with Gasteiger partial charge >= 0.3 is 0 Å². The molecule has 0 saturated heterocycles. The average Bonchev–Trinajstić information content (AvgIpc) is 3.12. The maximum atomic E-state index is 5.44.